The molecule has 0 amide bonds. The van der Waals surface area contributed by atoms with Crippen LogP contribution in [0.15, 0.2) is 94.8 Å². The van der Waals surface area contributed by atoms with E-state index in [0.29, 0.717) is 66.0 Å². The summed E-state index contributed by atoms with van der Waals surface area (Å²) in [5.41, 5.74) is 13.0. The highest BCUT2D eigenvalue weighted by molar-refractivity contribution is 5.93. The molecule has 0 radical (unpaired) electrons. The lowest BCUT2D eigenvalue weighted by atomic mass is 9.92. The monoisotopic (exact) mass is 970 g/mol. The van der Waals surface area contributed by atoms with E-state index >= 15 is 0 Å². The number of nitrogens with two attached hydrogens (primary N) is 1. The van der Waals surface area contributed by atoms with E-state index in [4.69, 9.17) is 15.4 Å². The maximum Gasteiger partial charge on any atom is 0.374 e. The summed E-state index contributed by atoms with van der Waals surface area (Å²) in [4.78, 5) is 48.7. The number of rotatable bonds is 12. The molecule has 6 aromatic heterocycles. The first kappa shape index (κ1) is 55.6. The van der Waals surface area contributed by atoms with E-state index in [2.05, 4.69) is 65.6 Å². The van der Waals surface area contributed by atoms with Gasteiger partial charge < -0.3 is 30.5 Å². The molecule has 0 aliphatic rings. The van der Waals surface area contributed by atoms with Crippen molar-refractivity contribution in [2.45, 2.75) is 113 Å². The number of anilines is 4. The van der Waals surface area contributed by atoms with Gasteiger partial charge in [-0.05, 0) is 54.7 Å². The molecular formula is C51H67N15O5. The zero-order chi connectivity index (χ0) is 52.5. The first-order valence-electron chi connectivity index (χ1n) is 23.3. The van der Waals surface area contributed by atoms with Crippen molar-refractivity contribution in [1.82, 2.24) is 59.8 Å². The van der Waals surface area contributed by atoms with Crippen LogP contribution in [0.3, 0.4) is 0 Å². The minimum atomic E-state index is -1.09. The lowest BCUT2D eigenvalue weighted by molar-refractivity contribution is 0.0651. The van der Waals surface area contributed by atoms with E-state index in [9.17, 15) is 9.59 Å². The van der Waals surface area contributed by atoms with Gasteiger partial charge in [-0.1, -0.05) is 104 Å². The number of hydrogen-bond donors (Lipinski definition) is 4. The van der Waals surface area contributed by atoms with E-state index in [-0.39, 0.29) is 22.4 Å². The summed E-state index contributed by atoms with van der Waals surface area (Å²) in [6.45, 7) is 24.5. The van der Waals surface area contributed by atoms with Gasteiger partial charge in [0.25, 0.3) is 0 Å². The SMILES string of the molecule is CC.CC.CC(C)(C)c1cc(C(=O)O)on1.Cc1cc(-c2ncnc(Nc3ccn(C)n3)n2)ccc1CCC(=O)c1cc(C(C)(C)C)no1.Cc1cc(-c2ncnc(Nc3ccn(C)n3)n2)ccc1CN. The normalized spacial score (nSPS) is 10.8. The van der Waals surface area contributed by atoms with Gasteiger partial charge in [0.1, 0.15) is 12.7 Å². The minimum absolute atomic E-state index is 0.0517. The van der Waals surface area contributed by atoms with Crippen molar-refractivity contribution < 1.29 is 23.7 Å². The minimum Gasteiger partial charge on any atom is -0.475 e. The van der Waals surface area contributed by atoms with E-state index in [1.165, 1.54) is 18.7 Å². The Morgan fingerprint density at radius 1 is 0.634 bits per heavy atom. The van der Waals surface area contributed by atoms with Crippen LogP contribution in [0, 0.1) is 13.8 Å². The number of carbonyl (C=O) groups is 2. The zero-order valence-corrected chi connectivity index (χ0v) is 43.2. The molecule has 6 heterocycles. The lowest BCUT2D eigenvalue weighted by Gasteiger charge is -2.12. The molecule has 71 heavy (non-hydrogen) atoms. The fourth-order valence-corrected chi connectivity index (χ4v) is 6.22. The number of carbonyl (C=O) groups excluding carboxylic acids is 1. The number of carboxylic acids is 1. The van der Waals surface area contributed by atoms with Crippen molar-refractivity contribution in [3.63, 3.8) is 0 Å². The first-order valence-corrected chi connectivity index (χ1v) is 23.3. The summed E-state index contributed by atoms with van der Waals surface area (Å²) in [7, 11) is 3.70. The van der Waals surface area contributed by atoms with E-state index in [1.807, 2.05) is 158 Å². The Kier molecular flexibility index (Phi) is 20.0. The third kappa shape index (κ3) is 16.3. The highest BCUT2D eigenvalue weighted by Crippen LogP contribution is 2.25. The summed E-state index contributed by atoms with van der Waals surface area (Å²) >= 11 is 0. The van der Waals surface area contributed by atoms with Gasteiger partial charge >= 0.3 is 5.97 Å². The second kappa shape index (κ2) is 25.6. The average Bonchev–Trinajstić information content (AvgIpc) is 4.19. The molecule has 0 spiro atoms. The number of aromatic nitrogens is 12. The van der Waals surface area contributed by atoms with Crippen LogP contribution in [-0.2, 0) is 37.9 Å². The maximum absolute atomic E-state index is 12.6. The van der Waals surface area contributed by atoms with E-state index < -0.39 is 5.97 Å². The van der Waals surface area contributed by atoms with Crippen molar-refractivity contribution in [2.75, 3.05) is 10.6 Å². The second-order valence-corrected chi connectivity index (χ2v) is 17.6. The molecule has 0 aliphatic heterocycles. The quantitative estimate of drug-likeness (QED) is 0.0829. The van der Waals surface area contributed by atoms with Gasteiger partial charge in [-0.2, -0.15) is 20.2 Å². The standard InChI is InChI=1S/C24H27N7O2.C15H17N7.C8H11NO3.2C2H6/c1-15-12-17(22-25-14-26-23(28-22)27-21-10-11-31(5)29-21)7-6-16(15)8-9-18(32)19-13-20(30-33-19)24(2,3)4;1-10-7-11(3-4-12(10)8-16)14-17-9-18-15(20-14)19-13-5-6-22(2)21-13;1-8(2,3)6-4-5(7(10)11)12-9-6;2*1-2/h6-7,10-14H,8-9H2,1-5H3,(H,25,26,27,28,29);3-7,9H,8,16H2,1-2H3,(H,17,18,19,20,21);4H,1-3H3,(H,10,11);2*1-2H3. The largest absolute Gasteiger partial charge is 0.475 e. The first-order chi connectivity index (χ1) is 33.7. The van der Waals surface area contributed by atoms with Gasteiger partial charge in [-0.15, -0.1) is 0 Å². The van der Waals surface area contributed by atoms with Gasteiger partial charge in [0.2, 0.25) is 29.2 Å². The van der Waals surface area contributed by atoms with Gasteiger partial charge in [0.15, 0.2) is 23.3 Å². The molecule has 0 saturated carbocycles. The number of aromatic carboxylic acids is 1. The number of carboxylic acid groups (broad SMARTS) is 1. The van der Waals surface area contributed by atoms with Crippen molar-refractivity contribution >= 4 is 35.3 Å². The van der Waals surface area contributed by atoms with Gasteiger partial charge in [0, 0.05) is 85.7 Å². The van der Waals surface area contributed by atoms with Crippen molar-refractivity contribution in [3.05, 3.63) is 131 Å². The highest BCUT2D eigenvalue weighted by Gasteiger charge is 2.23. The topological polar surface area (TPSA) is 269 Å². The molecule has 8 rings (SSSR count). The van der Waals surface area contributed by atoms with Crippen molar-refractivity contribution in [2.24, 2.45) is 19.8 Å². The smallest absolute Gasteiger partial charge is 0.374 e. The summed E-state index contributed by atoms with van der Waals surface area (Å²) < 4.78 is 13.3. The zero-order valence-electron chi connectivity index (χ0n) is 43.2. The van der Waals surface area contributed by atoms with Gasteiger partial charge in [-0.3, -0.25) is 14.2 Å². The average molecular weight is 970 g/mol. The fourth-order valence-electron chi connectivity index (χ4n) is 6.22. The molecule has 0 saturated heterocycles. The summed E-state index contributed by atoms with van der Waals surface area (Å²) in [5, 5.41) is 30.9. The van der Waals surface area contributed by atoms with Crippen LogP contribution >= 0.6 is 0 Å². The molecule has 20 nitrogen and oxygen atoms in total. The molecule has 2 aromatic carbocycles. The van der Waals surface area contributed by atoms with Crippen LogP contribution in [0.2, 0.25) is 0 Å². The Hall–Kier alpha value is -8.00. The number of nitrogens with zero attached hydrogens (tertiary/aromatic N) is 12. The highest BCUT2D eigenvalue weighted by atomic mass is 16.5. The molecule has 20 heteroatoms. The predicted molar refractivity (Wildman–Crippen MR) is 274 cm³/mol. The van der Waals surface area contributed by atoms with Crippen LogP contribution in [0.5, 0.6) is 0 Å². The number of aryl methyl sites for hydroxylation is 5. The molecule has 0 aliphatic carbocycles. The van der Waals surface area contributed by atoms with Crippen LogP contribution in [0.4, 0.5) is 23.5 Å². The van der Waals surface area contributed by atoms with E-state index in [1.54, 1.807) is 15.4 Å². The van der Waals surface area contributed by atoms with Crippen LogP contribution in [0.25, 0.3) is 22.8 Å². The molecule has 376 valence electrons. The molecule has 0 bridgehead atoms. The number of benzene rings is 2. The third-order valence-electron chi connectivity index (χ3n) is 10.1. The van der Waals surface area contributed by atoms with Crippen LogP contribution in [-0.4, -0.2) is 76.6 Å². The molecule has 0 atom stereocenters. The Morgan fingerprint density at radius 2 is 1.07 bits per heavy atom. The predicted octanol–water partition coefficient (Wildman–Crippen LogP) is 9.93. The Labute approximate surface area is 415 Å². The van der Waals surface area contributed by atoms with E-state index in [0.717, 1.165) is 39.1 Å². The molecule has 0 fully saturated rings. The van der Waals surface area contributed by atoms with Crippen molar-refractivity contribution in [1.29, 1.82) is 0 Å². The molecule has 8 aromatic rings. The molecular weight excluding hydrogens is 903 g/mol. The van der Waals surface area contributed by atoms with Crippen molar-refractivity contribution in [3.8, 4) is 22.8 Å². The third-order valence-corrected chi connectivity index (χ3v) is 10.1. The summed E-state index contributed by atoms with van der Waals surface area (Å²) in [6.07, 6.45) is 7.60. The Bertz CT molecular complexity index is 2960. The second-order valence-electron chi connectivity index (χ2n) is 17.6. The van der Waals surface area contributed by atoms with Gasteiger partial charge in [0.05, 0.1) is 11.4 Å². The van der Waals surface area contributed by atoms with Crippen LogP contribution in [0.1, 0.15) is 130 Å². The number of nitrogens with one attached hydrogen (secondary N) is 2. The molecule has 5 N–H and O–H groups in total. The lowest BCUT2D eigenvalue weighted by Crippen LogP contribution is -2.11. The summed E-state index contributed by atoms with van der Waals surface area (Å²) in [5.74, 6) is 2.47. The van der Waals surface area contributed by atoms with Crippen LogP contribution < -0.4 is 16.4 Å². The Balaban J connectivity index is 0.000000247. The number of ketones is 1. The molecule has 0 unspecified atom stereocenters. The Morgan fingerprint density at radius 3 is 1.44 bits per heavy atom. The number of Topliss-reactive ketones (excluding diaryl/α,β-unsaturated/α-hetero) is 1. The maximum atomic E-state index is 12.6. The summed E-state index contributed by atoms with van der Waals surface area (Å²) in [6, 6.07) is 18.9. The van der Waals surface area contributed by atoms with Gasteiger partial charge in [-0.25, -0.2) is 24.7 Å². The fraction of sp³-hybridized carbons (Fsp3) is 0.373. The number of hydrogen-bond acceptors (Lipinski definition) is 17.